The Morgan fingerprint density at radius 1 is 1.25 bits per heavy atom. The summed E-state index contributed by atoms with van der Waals surface area (Å²) in [6.45, 7) is 0. The lowest BCUT2D eigenvalue weighted by atomic mass is 9.92. The normalized spacial score (nSPS) is 18.7. The molecule has 1 N–H and O–H groups in total. The fourth-order valence-electron chi connectivity index (χ4n) is 3.65. The minimum absolute atomic E-state index is 0.112. The van der Waals surface area contributed by atoms with Crippen LogP contribution >= 0.6 is 23.1 Å². The van der Waals surface area contributed by atoms with Crippen LogP contribution in [0.4, 0.5) is 0 Å². The Balaban J connectivity index is 1.50. The molecule has 4 aromatic rings. The number of imidazole rings is 1. The van der Waals surface area contributed by atoms with Gasteiger partial charge in [0.15, 0.2) is 4.96 Å². The van der Waals surface area contributed by atoms with Crippen molar-refractivity contribution in [2.75, 3.05) is 0 Å². The van der Waals surface area contributed by atoms with Gasteiger partial charge in [0.1, 0.15) is 16.8 Å². The van der Waals surface area contributed by atoms with E-state index >= 15 is 0 Å². The summed E-state index contributed by atoms with van der Waals surface area (Å²) in [5, 5.41) is 18.6. The maximum Gasteiger partial charge on any atom is 0.270 e. The van der Waals surface area contributed by atoms with Crippen molar-refractivity contribution >= 4 is 44.7 Å². The molecule has 1 aliphatic rings. The van der Waals surface area contributed by atoms with Crippen LogP contribution in [0.15, 0.2) is 54.0 Å². The summed E-state index contributed by atoms with van der Waals surface area (Å²) >= 11 is 2.81. The summed E-state index contributed by atoms with van der Waals surface area (Å²) in [4.78, 5) is 18.6. The monoisotopic (exact) mass is 404 g/mol. The molecule has 1 saturated carbocycles. The fraction of sp³-hybridized carbons (Fsp3) is 0.190. The first kappa shape index (κ1) is 17.3. The molecule has 1 fully saturated rings. The molecule has 0 spiro atoms. The van der Waals surface area contributed by atoms with E-state index in [4.69, 9.17) is 10.2 Å². The zero-order chi connectivity index (χ0) is 19.1. The number of aromatic nitrogens is 2. The van der Waals surface area contributed by atoms with E-state index in [0.717, 1.165) is 34.1 Å². The van der Waals surface area contributed by atoms with Crippen LogP contribution in [0.2, 0.25) is 0 Å². The number of carbonyl (C=O) groups excluding carboxylic acids is 1. The van der Waals surface area contributed by atoms with E-state index in [1.807, 2.05) is 34.2 Å². The molecular formula is C21H16N4OS2. The summed E-state index contributed by atoms with van der Waals surface area (Å²) in [7, 11) is 0. The average Bonchev–Trinajstić information content (AvgIpc) is 3.27. The maximum absolute atomic E-state index is 13.1. The van der Waals surface area contributed by atoms with Crippen molar-refractivity contribution in [3.05, 3.63) is 59.7 Å². The first-order valence-electron chi connectivity index (χ1n) is 9.03. The molecule has 1 amide bonds. The zero-order valence-electron chi connectivity index (χ0n) is 14.8. The second kappa shape index (κ2) is 6.97. The van der Waals surface area contributed by atoms with E-state index in [-0.39, 0.29) is 11.9 Å². The first-order chi connectivity index (χ1) is 13.7. The standard InChI is InChI=1S/C21H16N4OS2/c22-12-28-17-10-16(11-17)23-20(26)19-18(24-21-25(19)7-8-27-21)15-6-5-13-3-1-2-4-14(13)9-15/h1-9,16-17H,10-11H2,(H,23,26). The summed E-state index contributed by atoms with van der Waals surface area (Å²) in [6.07, 6.45) is 3.56. The van der Waals surface area contributed by atoms with Gasteiger partial charge >= 0.3 is 0 Å². The van der Waals surface area contributed by atoms with Crippen molar-refractivity contribution in [2.24, 2.45) is 0 Å². The molecule has 5 nitrogen and oxygen atoms in total. The van der Waals surface area contributed by atoms with Gasteiger partial charge in [0.2, 0.25) is 0 Å². The van der Waals surface area contributed by atoms with Crippen LogP contribution in [0.25, 0.3) is 27.0 Å². The summed E-state index contributed by atoms with van der Waals surface area (Å²) in [5.41, 5.74) is 2.21. The number of nitrogens with zero attached hydrogens (tertiary/aromatic N) is 3. The number of rotatable bonds is 4. The number of nitrogens with one attached hydrogen (secondary N) is 1. The van der Waals surface area contributed by atoms with E-state index in [0.29, 0.717) is 16.6 Å². The molecule has 138 valence electrons. The van der Waals surface area contributed by atoms with Gasteiger partial charge in [0, 0.05) is 28.4 Å². The van der Waals surface area contributed by atoms with Gasteiger partial charge in [-0.25, -0.2) is 4.98 Å². The van der Waals surface area contributed by atoms with Crippen molar-refractivity contribution in [2.45, 2.75) is 24.1 Å². The van der Waals surface area contributed by atoms with E-state index in [2.05, 4.69) is 35.0 Å². The van der Waals surface area contributed by atoms with Gasteiger partial charge in [0.25, 0.3) is 5.91 Å². The highest BCUT2D eigenvalue weighted by atomic mass is 32.2. The van der Waals surface area contributed by atoms with Crippen LogP contribution in [0, 0.1) is 10.7 Å². The topological polar surface area (TPSA) is 70.2 Å². The number of carbonyl (C=O) groups is 1. The quantitative estimate of drug-likeness (QED) is 0.501. The SMILES string of the molecule is N#CSC1CC(NC(=O)c2c(-c3ccc4ccccc4c3)nc3sccn23)C1. The Labute approximate surface area is 170 Å². The van der Waals surface area contributed by atoms with E-state index in [9.17, 15) is 4.79 Å². The highest BCUT2D eigenvalue weighted by Gasteiger charge is 2.32. The molecule has 0 unspecified atom stereocenters. The molecule has 7 heteroatoms. The van der Waals surface area contributed by atoms with E-state index in [1.54, 1.807) is 0 Å². The molecule has 0 bridgehead atoms. The van der Waals surface area contributed by atoms with Gasteiger partial charge in [0.05, 0.1) is 0 Å². The minimum Gasteiger partial charge on any atom is -0.348 e. The minimum atomic E-state index is -0.112. The second-order valence-electron chi connectivity index (χ2n) is 6.90. The third-order valence-corrected chi connectivity index (χ3v) is 6.73. The highest BCUT2D eigenvalue weighted by Crippen LogP contribution is 2.33. The number of hydrogen-bond donors (Lipinski definition) is 1. The van der Waals surface area contributed by atoms with Gasteiger partial charge in [-0.05, 0) is 41.4 Å². The predicted molar refractivity (Wildman–Crippen MR) is 113 cm³/mol. The van der Waals surface area contributed by atoms with Crippen LogP contribution in [-0.4, -0.2) is 26.6 Å². The first-order valence-corrected chi connectivity index (χ1v) is 10.8. The highest BCUT2D eigenvalue weighted by molar-refractivity contribution is 8.04. The van der Waals surface area contributed by atoms with Crippen LogP contribution in [0.1, 0.15) is 23.3 Å². The van der Waals surface area contributed by atoms with Gasteiger partial charge in [-0.2, -0.15) is 5.26 Å². The molecule has 0 aliphatic heterocycles. The van der Waals surface area contributed by atoms with E-state index < -0.39 is 0 Å². The smallest absolute Gasteiger partial charge is 0.270 e. The number of fused-ring (bicyclic) bond motifs is 2. The molecule has 2 aromatic heterocycles. The Kier molecular flexibility index (Phi) is 4.30. The fourth-order valence-corrected chi connectivity index (χ4v) is 5.17. The van der Waals surface area contributed by atoms with Crippen molar-refractivity contribution in [1.82, 2.24) is 14.7 Å². The molecule has 5 rings (SSSR count). The van der Waals surface area contributed by atoms with Gasteiger partial charge < -0.3 is 5.32 Å². The summed E-state index contributed by atoms with van der Waals surface area (Å²) in [5.74, 6) is -0.112. The molecule has 0 atom stereocenters. The van der Waals surface area contributed by atoms with Crippen molar-refractivity contribution in [1.29, 1.82) is 5.26 Å². The van der Waals surface area contributed by atoms with Crippen molar-refractivity contribution in [3.8, 4) is 16.7 Å². The Hall–Kier alpha value is -2.82. The lowest BCUT2D eigenvalue weighted by Crippen LogP contribution is -2.45. The molecule has 2 heterocycles. The third kappa shape index (κ3) is 2.95. The number of thiazole rings is 1. The maximum atomic E-state index is 13.1. The number of nitriles is 1. The third-order valence-electron chi connectivity index (χ3n) is 5.15. The molecular weight excluding hydrogens is 388 g/mol. The number of thioether (sulfide) groups is 1. The molecule has 1 aliphatic carbocycles. The van der Waals surface area contributed by atoms with Crippen LogP contribution in [-0.2, 0) is 0 Å². The van der Waals surface area contributed by atoms with Crippen LogP contribution in [0.3, 0.4) is 0 Å². The zero-order valence-corrected chi connectivity index (χ0v) is 16.5. The Morgan fingerprint density at radius 2 is 2.07 bits per heavy atom. The van der Waals surface area contributed by atoms with Crippen LogP contribution in [0.5, 0.6) is 0 Å². The van der Waals surface area contributed by atoms with E-state index in [1.165, 1.54) is 23.1 Å². The molecule has 28 heavy (non-hydrogen) atoms. The average molecular weight is 405 g/mol. The van der Waals surface area contributed by atoms with Gasteiger partial charge in [-0.1, -0.05) is 36.4 Å². The summed E-state index contributed by atoms with van der Waals surface area (Å²) < 4.78 is 1.87. The number of hydrogen-bond acceptors (Lipinski definition) is 5. The molecule has 2 aromatic carbocycles. The number of benzene rings is 2. The largest absolute Gasteiger partial charge is 0.348 e. The van der Waals surface area contributed by atoms with Crippen molar-refractivity contribution in [3.63, 3.8) is 0 Å². The molecule has 0 saturated heterocycles. The lowest BCUT2D eigenvalue weighted by molar-refractivity contribution is 0.0914. The number of thiocyanates is 1. The van der Waals surface area contributed by atoms with Gasteiger partial charge in [-0.3, -0.25) is 9.20 Å². The predicted octanol–water partition coefficient (Wildman–Crippen LogP) is 4.69. The van der Waals surface area contributed by atoms with Crippen LogP contribution < -0.4 is 5.32 Å². The summed E-state index contributed by atoms with van der Waals surface area (Å²) in [6, 6.07) is 14.5. The molecule has 0 radical (unpaired) electrons. The number of amides is 1. The van der Waals surface area contributed by atoms with Gasteiger partial charge in [-0.15, -0.1) is 11.3 Å². The van der Waals surface area contributed by atoms with Crippen molar-refractivity contribution < 1.29 is 4.79 Å². The second-order valence-corrected chi connectivity index (χ2v) is 8.86. The Morgan fingerprint density at radius 3 is 2.89 bits per heavy atom. The lowest BCUT2D eigenvalue weighted by Gasteiger charge is -2.33. The Bertz CT molecular complexity index is 1230.